The van der Waals surface area contributed by atoms with Crippen molar-refractivity contribution >= 4 is 5.91 Å². The summed E-state index contributed by atoms with van der Waals surface area (Å²) in [6.07, 6.45) is 7.26. The highest BCUT2D eigenvalue weighted by molar-refractivity contribution is 5.78. The molecule has 1 saturated carbocycles. The number of likely N-dealkylation sites (N-methyl/N-ethyl adjacent to an activating group) is 1. The first-order valence-electron chi connectivity index (χ1n) is 7.07. The maximum absolute atomic E-state index is 12.0. The Morgan fingerprint density at radius 1 is 1.28 bits per heavy atom. The van der Waals surface area contributed by atoms with Crippen LogP contribution in [0.15, 0.2) is 0 Å². The second kappa shape index (κ2) is 7.10. The first-order chi connectivity index (χ1) is 8.45. The van der Waals surface area contributed by atoms with Gasteiger partial charge in [0.15, 0.2) is 0 Å². The molecule has 0 heterocycles. The lowest BCUT2D eigenvalue weighted by Crippen LogP contribution is -2.50. The van der Waals surface area contributed by atoms with Crippen LogP contribution in [0.5, 0.6) is 0 Å². The van der Waals surface area contributed by atoms with Crippen LogP contribution in [0.4, 0.5) is 0 Å². The number of hydrogen-bond donors (Lipinski definition) is 2. The van der Waals surface area contributed by atoms with Crippen molar-refractivity contribution < 1.29 is 9.90 Å². The van der Waals surface area contributed by atoms with Gasteiger partial charge in [0.05, 0.1) is 13.2 Å². The Bertz CT molecular complexity index is 259. The molecule has 106 valence electrons. The lowest BCUT2D eigenvalue weighted by atomic mass is 10.1. The van der Waals surface area contributed by atoms with Gasteiger partial charge >= 0.3 is 0 Å². The molecule has 1 rings (SSSR count). The van der Waals surface area contributed by atoms with Crippen molar-refractivity contribution in [2.75, 3.05) is 20.2 Å². The summed E-state index contributed by atoms with van der Waals surface area (Å²) in [5.74, 6) is 0.0749. The molecule has 4 heteroatoms. The number of aliphatic hydroxyl groups excluding tert-OH is 1. The summed E-state index contributed by atoms with van der Waals surface area (Å²) in [5.41, 5.74) is -0.346. The number of aliphatic hydroxyl groups is 1. The zero-order valence-electron chi connectivity index (χ0n) is 12.0. The van der Waals surface area contributed by atoms with Crippen LogP contribution in [0.1, 0.15) is 52.4 Å². The van der Waals surface area contributed by atoms with Gasteiger partial charge in [-0.25, -0.2) is 0 Å². The summed E-state index contributed by atoms with van der Waals surface area (Å²) in [4.78, 5) is 13.9. The fourth-order valence-electron chi connectivity index (χ4n) is 2.25. The monoisotopic (exact) mass is 256 g/mol. The largest absolute Gasteiger partial charge is 0.394 e. The SMILES string of the molecule is CN(CC(=O)NC1CCCCCC1)C(C)(C)CO. The van der Waals surface area contributed by atoms with Crippen LogP contribution in [0.3, 0.4) is 0 Å². The fourth-order valence-corrected chi connectivity index (χ4v) is 2.25. The first kappa shape index (κ1) is 15.4. The van der Waals surface area contributed by atoms with Crippen LogP contribution in [-0.2, 0) is 4.79 Å². The normalized spacial score (nSPS) is 18.7. The summed E-state index contributed by atoms with van der Waals surface area (Å²) >= 11 is 0. The average molecular weight is 256 g/mol. The summed E-state index contributed by atoms with van der Waals surface area (Å²) in [7, 11) is 1.88. The van der Waals surface area contributed by atoms with Gasteiger partial charge in [-0.05, 0) is 33.7 Å². The zero-order chi connectivity index (χ0) is 13.6. The van der Waals surface area contributed by atoms with Crippen molar-refractivity contribution in [2.24, 2.45) is 0 Å². The maximum atomic E-state index is 12.0. The van der Waals surface area contributed by atoms with Crippen molar-refractivity contribution in [3.63, 3.8) is 0 Å². The van der Waals surface area contributed by atoms with Crippen LogP contribution in [0, 0.1) is 0 Å². The highest BCUT2D eigenvalue weighted by atomic mass is 16.3. The molecule has 1 aliphatic rings. The minimum absolute atomic E-state index is 0.0558. The second-order valence-corrected chi connectivity index (χ2v) is 6.08. The van der Waals surface area contributed by atoms with Crippen molar-refractivity contribution in [1.29, 1.82) is 0 Å². The molecule has 0 saturated heterocycles. The Kier molecular flexibility index (Phi) is 6.09. The Morgan fingerprint density at radius 2 is 1.83 bits per heavy atom. The predicted molar refractivity (Wildman–Crippen MR) is 73.4 cm³/mol. The molecular weight excluding hydrogens is 228 g/mol. The number of rotatable bonds is 5. The molecular formula is C14H28N2O2. The molecule has 0 atom stereocenters. The van der Waals surface area contributed by atoms with Gasteiger partial charge in [0, 0.05) is 11.6 Å². The minimum Gasteiger partial charge on any atom is -0.394 e. The topological polar surface area (TPSA) is 52.6 Å². The van der Waals surface area contributed by atoms with Crippen molar-refractivity contribution in [2.45, 2.75) is 64.0 Å². The summed E-state index contributed by atoms with van der Waals surface area (Å²) < 4.78 is 0. The highest BCUT2D eigenvalue weighted by Gasteiger charge is 2.25. The second-order valence-electron chi connectivity index (χ2n) is 6.08. The van der Waals surface area contributed by atoms with Crippen molar-refractivity contribution in [3.05, 3.63) is 0 Å². The number of nitrogens with zero attached hydrogens (tertiary/aromatic N) is 1. The molecule has 0 unspecified atom stereocenters. The van der Waals surface area contributed by atoms with Crippen molar-refractivity contribution in [3.8, 4) is 0 Å². The molecule has 0 radical (unpaired) electrons. The number of nitrogens with one attached hydrogen (secondary N) is 1. The number of amides is 1. The van der Waals surface area contributed by atoms with E-state index in [2.05, 4.69) is 5.32 Å². The third-order valence-electron chi connectivity index (χ3n) is 4.02. The van der Waals surface area contributed by atoms with E-state index in [1.54, 1.807) is 0 Å². The van der Waals surface area contributed by atoms with E-state index in [9.17, 15) is 9.90 Å². The smallest absolute Gasteiger partial charge is 0.234 e. The lowest BCUT2D eigenvalue weighted by molar-refractivity contribution is -0.124. The van der Waals surface area contributed by atoms with Gasteiger partial charge in [-0.3, -0.25) is 9.69 Å². The van der Waals surface area contributed by atoms with Gasteiger partial charge in [-0.15, -0.1) is 0 Å². The molecule has 4 nitrogen and oxygen atoms in total. The Morgan fingerprint density at radius 3 is 2.33 bits per heavy atom. The van der Waals surface area contributed by atoms with Gasteiger partial charge in [0.2, 0.25) is 5.91 Å². The fraction of sp³-hybridized carbons (Fsp3) is 0.929. The number of carbonyl (C=O) groups is 1. The quantitative estimate of drug-likeness (QED) is 0.733. The summed E-state index contributed by atoms with van der Waals surface area (Å²) in [5, 5.41) is 12.4. The van der Waals surface area contributed by atoms with Crippen LogP contribution < -0.4 is 5.32 Å². The van der Waals surface area contributed by atoms with Gasteiger partial charge in [0.1, 0.15) is 0 Å². The Hall–Kier alpha value is -0.610. The molecule has 0 aliphatic heterocycles. The maximum Gasteiger partial charge on any atom is 0.234 e. The van der Waals surface area contributed by atoms with Crippen LogP contribution in [-0.4, -0.2) is 47.7 Å². The van der Waals surface area contributed by atoms with Crippen molar-refractivity contribution in [1.82, 2.24) is 10.2 Å². The van der Waals surface area contributed by atoms with Gasteiger partial charge < -0.3 is 10.4 Å². The van der Waals surface area contributed by atoms with E-state index >= 15 is 0 Å². The molecule has 0 aromatic carbocycles. The summed E-state index contributed by atoms with van der Waals surface area (Å²) in [6.45, 7) is 4.28. The number of carbonyl (C=O) groups excluding carboxylic acids is 1. The lowest BCUT2D eigenvalue weighted by Gasteiger charge is -2.33. The van der Waals surface area contributed by atoms with E-state index in [1.807, 2.05) is 25.8 Å². The molecule has 0 spiro atoms. The van der Waals surface area contributed by atoms with Gasteiger partial charge in [-0.1, -0.05) is 25.7 Å². The molecule has 0 bridgehead atoms. The van der Waals surface area contributed by atoms with E-state index in [1.165, 1.54) is 25.7 Å². The van der Waals surface area contributed by atoms with Crippen LogP contribution in [0.2, 0.25) is 0 Å². The van der Waals surface area contributed by atoms with E-state index in [0.29, 0.717) is 12.6 Å². The first-order valence-corrected chi connectivity index (χ1v) is 7.07. The highest BCUT2D eigenvalue weighted by Crippen LogP contribution is 2.17. The summed E-state index contributed by atoms with van der Waals surface area (Å²) in [6, 6.07) is 0.352. The van der Waals surface area contributed by atoms with E-state index in [-0.39, 0.29) is 18.1 Å². The average Bonchev–Trinajstić information content (AvgIpc) is 2.57. The molecule has 1 amide bonds. The Labute approximate surface area is 111 Å². The molecule has 18 heavy (non-hydrogen) atoms. The van der Waals surface area contributed by atoms with Gasteiger partial charge in [-0.2, -0.15) is 0 Å². The third kappa shape index (κ3) is 4.94. The van der Waals surface area contributed by atoms with Gasteiger partial charge in [0.25, 0.3) is 0 Å². The predicted octanol–water partition coefficient (Wildman–Crippen LogP) is 1.53. The van der Waals surface area contributed by atoms with E-state index in [0.717, 1.165) is 12.8 Å². The number of hydrogen-bond acceptors (Lipinski definition) is 3. The third-order valence-corrected chi connectivity index (χ3v) is 4.02. The molecule has 0 aromatic rings. The molecule has 1 fully saturated rings. The van der Waals surface area contributed by atoms with E-state index < -0.39 is 0 Å². The molecule has 0 aromatic heterocycles. The van der Waals surface area contributed by atoms with Crippen LogP contribution in [0.25, 0.3) is 0 Å². The zero-order valence-corrected chi connectivity index (χ0v) is 12.0. The minimum atomic E-state index is -0.346. The molecule has 2 N–H and O–H groups in total. The molecule has 1 aliphatic carbocycles. The standard InChI is InChI=1S/C14H28N2O2/c1-14(2,11-17)16(3)10-13(18)15-12-8-6-4-5-7-9-12/h12,17H,4-11H2,1-3H3,(H,15,18). The van der Waals surface area contributed by atoms with Crippen LogP contribution >= 0.6 is 0 Å². The van der Waals surface area contributed by atoms with E-state index in [4.69, 9.17) is 0 Å². The Balaban J connectivity index is 2.36.